The van der Waals surface area contributed by atoms with Gasteiger partial charge in [-0.1, -0.05) is 42.0 Å². The number of benzene rings is 2. The zero-order valence-corrected chi connectivity index (χ0v) is 11.8. The summed E-state index contributed by atoms with van der Waals surface area (Å²) < 4.78 is 5.38. The number of rotatable bonds is 4. The van der Waals surface area contributed by atoms with Crippen LogP contribution in [0.25, 0.3) is 0 Å². The van der Waals surface area contributed by atoms with E-state index in [2.05, 4.69) is 38.1 Å². The van der Waals surface area contributed by atoms with Crippen molar-refractivity contribution in [2.75, 3.05) is 7.11 Å². The van der Waals surface area contributed by atoms with E-state index in [1.54, 1.807) is 7.11 Å². The molecule has 0 aromatic heterocycles. The predicted molar refractivity (Wildman–Crippen MR) is 79.5 cm³/mol. The van der Waals surface area contributed by atoms with Crippen LogP contribution in [0, 0.1) is 13.8 Å². The molecule has 100 valence electrons. The molecule has 0 aliphatic carbocycles. The summed E-state index contributed by atoms with van der Waals surface area (Å²) in [6.07, 6.45) is 0.786. The van der Waals surface area contributed by atoms with Crippen molar-refractivity contribution in [1.82, 2.24) is 0 Å². The third-order valence-electron chi connectivity index (χ3n) is 3.46. The molecule has 2 rings (SSSR count). The Kier molecular flexibility index (Phi) is 4.23. The summed E-state index contributed by atoms with van der Waals surface area (Å²) in [4.78, 5) is 0. The quantitative estimate of drug-likeness (QED) is 0.906. The molecule has 0 aliphatic rings. The van der Waals surface area contributed by atoms with Crippen LogP contribution in [0.5, 0.6) is 5.75 Å². The van der Waals surface area contributed by atoms with Gasteiger partial charge in [-0.15, -0.1) is 0 Å². The van der Waals surface area contributed by atoms with Crippen LogP contribution in [0.15, 0.2) is 42.5 Å². The van der Waals surface area contributed by atoms with E-state index in [4.69, 9.17) is 10.5 Å². The van der Waals surface area contributed by atoms with Crippen LogP contribution >= 0.6 is 0 Å². The van der Waals surface area contributed by atoms with Crippen LogP contribution in [-0.4, -0.2) is 7.11 Å². The molecule has 2 heteroatoms. The number of para-hydroxylation sites is 1. The van der Waals surface area contributed by atoms with Gasteiger partial charge < -0.3 is 10.5 Å². The Bertz CT molecular complexity index is 563. The Balaban J connectivity index is 2.23. The largest absolute Gasteiger partial charge is 0.496 e. The Morgan fingerprint density at radius 1 is 1.11 bits per heavy atom. The van der Waals surface area contributed by atoms with Gasteiger partial charge in [0, 0.05) is 6.04 Å². The number of hydrogen-bond donors (Lipinski definition) is 1. The van der Waals surface area contributed by atoms with E-state index in [0.29, 0.717) is 0 Å². The van der Waals surface area contributed by atoms with Gasteiger partial charge in [0.25, 0.3) is 0 Å². The summed E-state index contributed by atoms with van der Waals surface area (Å²) in [7, 11) is 1.70. The maximum absolute atomic E-state index is 6.35. The van der Waals surface area contributed by atoms with Crippen LogP contribution in [0.4, 0.5) is 0 Å². The Morgan fingerprint density at radius 3 is 2.53 bits per heavy atom. The van der Waals surface area contributed by atoms with Gasteiger partial charge in [-0.3, -0.25) is 0 Å². The SMILES string of the molecule is COc1ccccc1CC(N)c1ccc(C)cc1C. The Labute approximate surface area is 115 Å². The maximum atomic E-state index is 6.35. The molecular formula is C17H21NO. The number of methoxy groups -OCH3 is 1. The average Bonchev–Trinajstić information content (AvgIpc) is 2.39. The number of hydrogen-bond acceptors (Lipinski definition) is 2. The molecule has 0 saturated heterocycles. The minimum Gasteiger partial charge on any atom is -0.496 e. The van der Waals surface area contributed by atoms with Crippen molar-refractivity contribution in [3.8, 4) is 5.75 Å². The summed E-state index contributed by atoms with van der Waals surface area (Å²) >= 11 is 0. The fraction of sp³-hybridized carbons (Fsp3) is 0.294. The van der Waals surface area contributed by atoms with E-state index in [-0.39, 0.29) is 6.04 Å². The predicted octanol–water partition coefficient (Wildman–Crippen LogP) is 3.55. The van der Waals surface area contributed by atoms with Crippen LogP contribution in [-0.2, 0) is 6.42 Å². The zero-order chi connectivity index (χ0) is 13.8. The third-order valence-corrected chi connectivity index (χ3v) is 3.46. The van der Waals surface area contributed by atoms with Crippen molar-refractivity contribution in [3.63, 3.8) is 0 Å². The van der Waals surface area contributed by atoms with E-state index < -0.39 is 0 Å². The standard InChI is InChI=1S/C17H21NO/c1-12-8-9-15(13(2)10-12)16(18)11-14-6-4-5-7-17(14)19-3/h4-10,16H,11,18H2,1-3H3. The van der Waals surface area contributed by atoms with E-state index >= 15 is 0 Å². The van der Waals surface area contributed by atoms with Crippen molar-refractivity contribution in [2.45, 2.75) is 26.3 Å². The van der Waals surface area contributed by atoms with Gasteiger partial charge >= 0.3 is 0 Å². The molecular weight excluding hydrogens is 234 g/mol. The molecule has 0 bridgehead atoms. The lowest BCUT2D eigenvalue weighted by Gasteiger charge is -2.17. The van der Waals surface area contributed by atoms with Gasteiger partial charge in [0.15, 0.2) is 0 Å². The van der Waals surface area contributed by atoms with Gasteiger partial charge in [-0.2, -0.15) is 0 Å². The van der Waals surface area contributed by atoms with Crippen LogP contribution < -0.4 is 10.5 Å². The van der Waals surface area contributed by atoms with Gasteiger partial charge in [0.1, 0.15) is 5.75 Å². The van der Waals surface area contributed by atoms with Crippen molar-refractivity contribution in [3.05, 3.63) is 64.7 Å². The normalized spacial score (nSPS) is 12.2. The van der Waals surface area contributed by atoms with E-state index in [9.17, 15) is 0 Å². The molecule has 2 N–H and O–H groups in total. The van der Waals surface area contributed by atoms with E-state index in [0.717, 1.165) is 17.7 Å². The van der Waals surface area contributed by atoms with Crippen LogP contribution in [0.3, 0.4) is 0 Å². The second-order valence-corrected chi connectivity index (χ2v) is 4.98. The summed E-state index contributed by atoms with van der Waals surface area (Å²) in [5, 5.41) is 0. The molecule has 2 nitrogen and oxygen atoms in total. The topological polar surface area (TPSA) is 35.2 Å². The highest BCUT2D eigenvalue weighted by Gasteiger charge is 2.12. The van der Waals surface area contributed by atoms with Crippen molar-refractivity contribution in [2.24, 2.45) is 5.73 Å². The highest BCUT2D eigenvalue weighted by Crippen LogP contribution is 2.25. The molecule has 0 saturated carbocycles. The summed E-state index contributed by atoms with van der Waals surface area (Å²) in [6.45, 7) is 4.22. The average molecular weight is 255 g/mol. The lowest BCUT2D eigenvalue weighted by atomic mass is 9.94. The first-order valence-electron chi connectivity index (χ1n) is 6.56. The fourth-order valence-electron chi connectivity index (χ4n) is 2.46. The van der Waals surface area contributed by atoms with Gasteiger partial charge in [-0.25, -0.2) is 0 Å². The smallest absolute Gasteiger partial charge is 0.122 e. The first-order chi connectivity index (χ1) is 9.11. The highest BCUT2D eigenvalue weighted by atomic mass is 16.5. The molecule has 0 fully saturated rings. The molecule has 0 amide bonds. The van der Waals surface area contributed by atoms with Crippen LogP contribution in [0.1, 0.15) is 28.3 Å². The van der Waals surface area contributed by atoms with Gasteiger partial charge in [-0.05, 0) is 43.0 Å². The lowest BCUT2D eigenvalue weighted by Crippen LogP contribution is -2.15. The first-order valence-corrected chi connectivity index (χ1v) is 6.56. The van der Waals surface area contributed by atoms with E-state index in [1.807, 2.05) is 18.2 Å². The lowest BCUT2D eigenvalue weighted by molar-refractivity contribution is 0.408. The minimum atomic E-state index is -0.00287. The van der Waals surface area contributed by atoms with Crippen LogP contribution in [0.2, 0.25) is 0 Å². The molecule has 2 aromatic carbocycles. The van der Waals surface area contributed by atoms with Crippen molar-refractivity contribution >= 4 is 0 Å². The maximum Gasteiger partial charge on any atom is 0.122 e. The number of nitrogens with two attached hydrogens (primary N) is 1. The number of ether oxygens (including phenoxy) is 1. The Hall–Kier alpha value is -1.80. The summed E-state index contributed by atoms with van der Waals surface area (Å²) in [5.41, 5.74) is 11.2. The zero-order valence-electron chi connectivity index (χ0n) is 11.8. The minimum absolute atomic E-state index is 0.00287. The molecule has 0 radical (unpaired) electrons. The summed E-state index contributed by atoms with van der Waals surface area (Å²) in [5.74, 6) is 0.905. The molecule has 0 heterocycles. The fourth-order valence-corrected chi connectivity index (χ4v) is 2.46. The third kappa shape index (κ3) is 3.15. The van der Waals surface area contributed by atoms with Gasteiger partial charge in [0.2, 0.25) is 0 Å². The Morgan fingerprint density at radius 2 is 1.84 bits per heavy atom. The molecule has 0 aliphatic heterocycles. The molecule has 1 unspecified atom stereocenters. The summed E-state index contributed by atoms with van der Waals surface area (Å²) in [6, 6.07) is 14.5. The molecule has 0 spiro atoms. The second kappa shape index (κ2) is 5.89. The molecule has 1 atom stereocenters. The highest BCUT2D eigenvalue weighted by molar-refractivity contribution is 5.37. The van der Waals surface area contributed by atoms with Crippen molar-refractivity contribution < 1.29 is 4.74 Å². The van der Waals surface area contributed by atoms with Gasteiger partial charge in [0.05, 0.1) is 7.11 Å². The molecule has 2 aromatic rings. The number of aryl methyl sites for hydroxylation is 2. The monoisotopic (exact) mass is 255 g/mol. The van der Waals surface area contributed by atoms with E-state index in [1.165, 1.54) is 16.7 Å². The molecule has 19 heavy (non-hydrogen) atoms. The second-order valence-electron chi connectivity index (χ2n) is 4.98. The van der Waals surface area contributed by atoms with Crippen molar-refractivity contribution in [1.29, 1.82) is 0 Å². The first kappa shape index (κ1) is 13.6.